The minimum atomic E-state index is -0.266. The number of ether oxygens (including phenoxy) is 1. The molecule has 0 bridgehead atoms. The summed E-state index contributed by atoms with van der Waals surface area (Å²) < 4.78 is 5.28. The van der Waals surface area contributed by atoms with Crippen LogP contribution in [0.25, 0.3) is 10.9 Å². The number of methoxy groups -OCH3 is 1. The van der Waals surface area contributed by atoms with Crippen molar-refractivity contribution < 1.29 is 9.53 Å². The second kappa shape index (κ2) is 6.65. The number of rotatable bonds is 4. The zero-order chi connectivity index (χ0) is 17.3. The van der Waals surface area contributed by atoms with Gasteiger partial charge in [-0.3, -0.25) is 9.69 Å². The van der Waals surface area contributed by atoms with Crippen LogP contribution in [0.5, 0.6) is 5.75 Å². The smallest absolute Gasteiger partial charge is 0.234 e. The highest BCUT2D eigenvalue weighted by atomic mass is 16.5. The molecule has 1 atom stereocenters. The molecule has 128 valence electrons. The lowest BCUT2D eigenvalue weighted by Gasteiger charge is -2.38. The number of aromatic nitrogens is 1. The summed E-state index contributed by atoms with van der Waals surface area (Å²) >= 11 is 0. The van der Waals surface area contributed by atoms with Crippen molar-refractivity contribution in [3.8, 4) is 5.75 Å². The van der Waals surface area contributed by atoms with Crippen molar-refractivity contribution in [2.24, 2.45) is 5.73 Å². The first kappa shape index (κ1) is 16.5. The molecule has 1 aliphatic heterocycles. The highest BCUT2D eigenvalue weighted by Gasteiger charge is 2.25. The van der Waals surface area contributed by atoms with Gasteiger partial charge in [0.2, 0.25) is 5.91 Å². The molecule has 1 aliphatic rings. The van der Waals surface area contributed by atoms with Gasteiger partial charge in [0.15, 0.2) is 0 Å². The Morgan fingerprint density at radius 2 is 1.96 bits per heavy atom. The van der Waals surface area contributed by atoms with Crippen LogP contribution >= 0.6 is 0 Å². The maximum absolute atomic E-state index is 11.3. The number of aryl methyl sites for hydroxylation is 1. The molecular weight excluding hydrogens is 304 g/mol. The topological polar surface area (TPSA) is 71.7 Å². The van der Waals surface area contributed by atoms with Gasteiger partial charge in [-0.2, -0.15) is 0 Å². The number of amides is 1. The number of fused-ring (bicyclic) bond motifs is 1. The van der Waals surface area contributed by atoms with Gasteiger partial charge in [0.25, 0.3) is 0 Å². The third kappa shape index (κ3) is 3.14. The number of benzene rings is 1. The summed E-state index contributed by atoms with van der Waals surface area (Å²) in [5.41, 5.74) is 7.51. The molecule has 2 aromatic rings. The number of nitrogens with two attached hydrogens (primary N) is 1. The maximum Gasteiger partial charge on any atom is 0.234 e. The molecule has 6 nitrogen and oxygen atoms in total. The Morgan fingerprint density at radius 3 is 2.58 bits per heavy atom. The summed E-state index contributed by atoms with van der Waals surface area (Å²) in [4.78, 5) is 20.6. The summed E-state index contributed by atoms with van der Waals surface area (Å²) in [6.07, 6.45) is 0. The zero-order valence-electron chi connectivity index (χ0n) is 14.5. The first-order valence-corrected chi connectivity index (χ1v) is 8.23. The van der Waals surface area contributed by atoms with Gasteiger partial charge in [0.1, 0.15) is 11.6 Å². The van der Waals surface area contributed by atoms with Crippen LogP contribution in [0.3, 0.4) is 0 Å². The third-order valence-electron chi connectivity index (χ3n) is 4.76. The molecule has 3 rings (SSSR count). The van der Waals surface area contributed by atoms with Gasteiger partial charge in [-0.25, -0.2) is 4.98 Å². The Bertz CT molecular complexity index is 754. The van der Waals surface area contributed by atoms with Gasteiger partial charge in [-0.15, -0.1) is 0 Å². The Kier molecular flexibility index (Phi) is 4.57. The van der Waals surface area contributed by atoms with Gasteiger partial charge in [0.05, 0.1) is 18.7 Å². The van der Waals surface area contributed by atoms with E-state index < -0.39 is 0 Å². The summed E-state index contributed by atoms with van der Waals surface area (Å²) in [5.74, 6) is 1.59. The lowest BCUT2D eigenvalue weighted by molar-refractivity contribution is -0.122. The largest absolute Gasteiger partial charge is 0.497 e. The summed E-state index contributed by atoms with van der Waals surface area (Å²) in [6.45, 7) is 7.25. The van der Waals surface area contributed by atoms with Crippen molar-refractivity contribution in [1.82, 2.24) is 9.88 Å². The number of hydrogen-bond donors (Lipinski definition) is 1. The number of nitrogens with zero attached hydrogens (tertiary/aromatic N) is 3. The first-order chi connectivity index (χ1) is 11.5. The van der Waals surface area contributed by atoms with Crippen LogP contribution in [0, 0.1) is 6.92 Å². The van der Waals surface area contributed by atoms with Crippen molar-refractivity contribution in [2.75, 3.05) is 38.2 Å². The third-order valence-corrected chi connectivity index (χ3v) is 4.76. The molecule has 24 heavy (non-hydrogen) atoms. The van der Waals surface area contributed by atoms with E-state index >= 15 is 0 Å². The predicted molar refractivity (Wildman–Crippen MR) is 95.5 cm³/mol. The number of carbonyl (C=O) groups is 1. The van der Waals surface area contributed by atoms with Gasteiger partial charge < -0.3 is 15.4 Å². The molecule has 1 aromatic carbocycles. The average Bonchev–Trinajstić information content (AvgIpc) is 2.60. The van der Waals surface area contributed by atoms with E-state index in [-0.39, 0.29) is 11.9 Å². The van der Waals surface area contributed by atoms with E-state index in [9.17, 15) is 4.79 Å². The van der Waals surface area contributed by atoms with Gasteiger partial charge in [-0.1, -0.05) is 0 Å². The molecule has 1 saturated heterocycles. The molecule has 6 heteroatoms. The first-order valence-electron chi connectivity index (χ1n) is 8.23. The number of anilines is 1. The number of hydrogen-bond acceptors (Lipinski definition) is 5. The number of carbonyl (C=O) groups excluding carboxylic acids is 1. The average molecular weight is 328 g/mol. The number of primary amides is 1. The van der Waals surface area contributed by atoms with Crippen LogP contribution in [0.2, 0.25) is 0 Å². The highest BCUT2D eigenvalue weighted by Crippen LogP contribution is 2.26. The van der Waals surface area contributed by atoms with Crippen LogP contribution in [-0.4, -0.2) is 55.1 Å². The lowest BCUT2D eigenvalue weighted by atomic mass is 10.1. The van der Waals surface area contributed by atoms with E-state index in [0.29, 0.717) is 0 Å². The minimum Gasteiger partial charge on any atom is -0.497 e. The normalized spacial score (nSPS) is 17.0. The van der Waals surface area contributed by atoms with E-state index in [0.717, 1.165) is 54.2 Å². The highest BCUT2D eigenvalue weighted by molar-refractivity contribution is 5.83. The molecule has 0 unspecified atom stereocenters. The van der Waals surface area contributed by atoms with E-state index in [1.807, 2.05) is 25.1 Å². The quantitative estimate of drug-likeness (QED) is 0.922. The van der Waals surface area contributed by atoms with E-state index in [4.69, 9.17) is 15.5 Å². The van der Waals surface area contributed by atoms with E-state index in [1.165, 1.54) is 0 Å². The van der Waals surface area contributed by atoms with Gasteiger partial charge in [-0.05, 0) is 43.7 Å². The van der Waals surface area contributed by atoms with Crippen molar-refractivity contribution in [1.29, 1.82) is 0 Å². The van der Waals surface area contributed by atoms with E-state index in [2.05, 4.69) is 22.8 Å². The Hall–Kier alpha value is -2.34. The maximum atomic E-state index is 11.3. The van der Waals surface area contributed by atoms with Crippen LogP contribution in [-0.2, 0) is 4.79 Å². The number of pyridine rings is 1. The fourth-order valence-corrected chi connectivity index (χ4v) is 3.20. The molecule has 1 amide bonds. The van der Waals surface area contributed by atoms with Crippen LogP contribution in [0.15, 0.2) is 24.3 Å². The summed E-state index contributed by atoms with van der Waals surface area (Å²) in [6, 6.07) is 7.86. The van der Waals surface area contributed by atoms with Crippen molar-refractivity contribution in [3.63, 3.8) is 0 Å². The molecule has 0 radical (unpaired) electrons. The summed E-state index contributed by atoms with van der Waals surface area (Å²) in [7, 11) is 1.67. The van der Waals surface area contributed by atoms with Crippen LogP contribution in [0.4, 0.5) is 5.82 Å². The second-order valence-electron chi connectivity index (χ2n) is 6.29. The fourth-order valence-electron chi connectivity index (χ4n) is 3.20. The molecule has 0 spiro atoms. The van der Waals surface area contributed by atoms with Crippen molar-refractivity contribution in [3.05, 3.63) is 29.8 Å². The van der Waals surface area contributed by atoms with Crippen LogP contribution in [0.1, 0.15) is 12.5 Å². The van der Waals surface area contributed by atoms with Crippen molar-refractivity contribution in [2.45, 2.75) is 19.9 Å². The summed E-state index contributed by atoms with van der Waals surface area (Å²) in [5, 5.41) is 1.08. The molecule has 1 aromatic heterocycles. The van der Waals surface area contributed by atoms with Crippen LogP contribution < -0.4 is 15.4 Å². The lowest BCUT2D eigenvalue weighted by Crippen LogP contribution is -2.53. The molecular formula is C18H24N4O2. The molecule has 2 heterocycles. The fraction of sp³-hybridized carbons (Fsp3) is 0.444. The molecule has 1 fully saturated rings. The monoisotopic (exact) mass is 328 g/mol. The zero-order valence-corrected chi connectivity index (χ0v) is 14.5. The molecule has 0 aliphatic carbocycles. The van der Waals surface area contributed by atoms with Gasteiger partial charge in [0, 0.05) is 31.6 Å². The Labute approximate surface area is 142 Å². The number of piperazine rings is 1. The Morgan fingerprint density at radius 1 is 1.25 bits per heavy atom. The Balaban J connectivity index is 1.80. The standard InChI is InChI=1S/C18H24N4O2/c1-12-10-14-11-15(24-3)4-5-16(14)20-18(12)22-8-6-21(7-9-22)13(2)17(19)23/h4-5,10-11,13H,6-9H2,1-3H3,(H2,19,23)/t13-/m1/s1. The molecule has 0 saturated carbocycles. The van der Waals surface area contributed by atoms with E-state index in [1.54, 1.807) is 7.11 Å². The minimum absolute atomic E-state index is 0.217. The van der Waals surface area contributed by atoms with Crippen molar-refractivity contribution >= 4 is 22.6 Å². The predicted octanol–water partition coefficient (Wildman–Crippen LogP) is 1.55. The van der Waals surface area contributed by atoms with Gasteiger partial charge >= 0.3 is 0 Å². The molecule has 2 N–H and O–H groups in total. The second-order valence-corrected chi connectivity index (χ2v) is 6.29. The SMILES string of the molecule is COc1ccc2nc(N3CCN([C@H](C)C(N)=O)CC3)c(C)cc2c1.